The molecule has 0 nitrogen and oxygen atoms in total. The van der Waals surface area contributed by atoms with E-state index in [-0.39, 0.29) is 0 Å². The number of rotatable bonds is 3. The lowest BCUT2D eigenvalue weighted by molar-refractivity contribution is 1.19. The Labute approximate surface area is 64.0 Å². The Bertz CT molecular complexity index is 159. The Morgan fingerprint density at radius 1 is 1.40 bits per heavy atom. The Balaban J connectivity index is 3.64. The van der Waals surface area contributed by atoms with Gasteiger partial charge in [0.05, 0.1) is 0 Å². The lowest BCUT2D eigenvalue weighted by Crippen LogP contribution is -1.70. The zero-order chi connectivity index (χ0) is 7.98. The molecular formula is C10H16. The highest BCUT2D eigenvalue weighted by Gasteiger charge is 1.80. The Morgan fingerprint density at radius 3 is 2.40 bits per heavy atom. The van der Waals surface area contributed by atoms with E-state index < -0.39 is 0 Å². The van der Waals surface area contributed by atoms with Crippen LogP contribution in [-0.4, -0.2) is 0 Å². The molecule has 0 fully saturated rings. The summed E-state index contributed by atoms with van der Waals surface area (Å²) >= 11 is 0. The molecule has 0 bridgehead atoms. The summed E-state index contributed by atoms with van der Waals surface area (Å²) in [4.78, 5) is 0. The van der Waals surface area contributed by atoms with E-state index in [1.165, 1.54) is 5.57 Å². The first-order valence-electron chi connectivity index (χ1n) is 3.60. The van der Waals surface area contributed by atoms with Crippen LogP contribution >= 0.6 is 0 Å². The van der Waals surface area contributed by atoms with E-state index in [1.54, 1.807) is 0 Å². The van der Waals surface area contributed by atoms with E-state index in [0.29, 0.717) is 0 Å². The van der Waals surface area contributed by atoms with Gasteiger partial charge in [-0.3, -0.25) is 0 Å². The van der Waals surface area contributed by atoms with Gasteiger partial charge >= 0.3 is 0 Å². The fourth-order valence-corrected chi connectivity index (χ4v) is 0.564. The van der Waals surface area contributed by atoms with E-state index in [2.05, 4.69) is 32.6 Å². The van der Waals surface area contributed by atoms with Gasteiger partial charge in [0, 0.05) is 0 Å². The standard InChI is InChI=1S/C10H16/c1-5-10(4)8-6-7-9(2)3/h5-7H,2,8H2,1,3-4H3/b7-6+,10-5+. The van der Waals surface area contributed by atoms with Crippen LogP contribution in [0.15, 0.2) is 36.0 Å². The lowest BCUT2D eigenvalue weighted by Gasteiger charge is -1.91. The Kier molecular flexibility index (Phi) is 4.65. The van der Waals surface area contributed by atoms with E-state index in [0.717, 1.165) is 12.0 Å². The molecule has 0 aromatic heterocycles. The normalized spacial score (nSPS) is 12.5. The monoisotopic (exact) mass is 136 g/mol. The van der Waals surface area contributed by atoms with Crippen LogP contribution < -0.4 is 0 Å². The topological polar surface area (TPSA) is 0 Å². The second-order valence-corrected chi connectivity index (χ2v) is 2.59. The molecule has 0 aliphatic heterocycles. The van der Waals surface area contributed by atoms with Crippen LogP contribution in [0.5, 0.6) is 0 Å². The first-order chi connectivity index (χ1) is 4.66. The van der Waals surface area contributed by atoms with Crippen molar-refractivity contribution in [3.63, 3.8) is 0 Å². The molecule has 0 aliphatic carbocycles. The molecule has 0 unspecified atom stereocenters. The molecule has 0 saturated carbocycles. The maximum atomic E-state index is 3.77. The SMILES string of the molecule is C=C(C)/C=C/C/C(C)=C/C. The molecular weight excluding hydrogens is 120 g/mol. The van der Waals surface area contributed by atoms with Crippen molar-refractivity contribution >= 4 is 0 Å². The van der Waals surface area contributed by atoms with Gasteiger partial charge in [0.2, 0.25) is 0 Å². The van der Waals surface area contributed by atoms with Crippen molar-refractivity contribution in [2.24, 2.45) is 0 Å². The third kappa shape index (κ3) is 5.36. The number of hydrogen-bond donors (Lipinski definition) is 0. The minimum atomic E-state index is 1.04. The molecule has 0 rings (SSSR count). The summed E-state index contributed by atoms with van der Waals surface area (Å²) in [7, 11) is 0. The molecule has 0 aromatic carbocycles. The van der Waals surface area contributed by atoms with E-state index in [4.69, 9.17) is 0 Å². The lowest BCUT2D eigenvalue weighted by atomic mass is 10.2. The zero-order valence-corrected chi connectivity index (χ0v) is 7.15. The molecule has 0 N–H and O–H groups in total. The van der Waals surface area contributed by atoms with Gasteiger partial charge in [-0.05, 0) is 27.2 Å². The first-order valence-corrected chi connectivity index (χ1v) is 3.60. The number of allylic oxidation sites excluding steroid dienone is 5. The Hall–Kier alpha value is -0.780. The molecule has 0 aromatic rings. The molecule has 0 saturated heterocycles. The van der Waals surface area contributed by atoms with Crippen LogP contribution in [0.2, 0.25) is 0 Å². The third-order valence-corrected chi connectivity index (χ3v) is 1.33. The average molecular weight is 136 g/mol. The van der Waals surface area contributed by atoms with Crippen LogP contribution in [0, 0.1) is 0 Å². The Morgan fingerprint density at radius 2 is 2.00 bits per heavy atom. The van der Waals surface area contributed by atoms with Crippen molar-refractivity contribution in [1.29, 1.82) is 0 Å². The van der Waals surface area contributed by atoms with Crippen LogP contribution in [0.4, 0.5) is 0 Å². The second-order valence-electron chi connectivity index (χ2n) is 2.59. The van der Waals surface area contributed by atoms with Crippen molar-refractivity contribution in [2.45, 2.75) is 27.2 Å². The summed E-state index contributed by atoms with van der Waals surface area (Å²) in [5, 5.41) is 0. The van der Waals surface area contributed by atoms with Crippen molar-refractivity contribution in [2.75, 3.05) is 0 Å². The summed E-state index contributed by atoms with van der Waals surface area (Å²) in [5.41, 5.74) is 2.52. The maximum Gasteiger partial charge on any atom is -0.0138 e. The van der Waals surface area contributed by atoms with Gasteiger partial charge in [-0.2, -0.15) is 0 Å². The van der Waals surface area contributed by atoms with Gasteiger partial charge in [0.25, 0.3) is 0 Å². The van der Waals surface area contributed by atoms with Crippen LogP contribution in [0.3, 0.4) is 0 Å². The quantitative estimate of drug-likeness (QED) is 0.411. The highest BCUT2D eigenvalue weighted by molar-refractivity contribution is 5.14. The zero-order valence-electron chi connectivity index (χ0n) is 7.15. The summed E-state index contributed by atoms with van der Waals surface area (Å²) in [6.07, 6.45) is 7.36. The van der Waals surface area contributed by atoms with E-state index >= 15 is 0 Å². The minimum Gasteiger partial charge on any atom is -0.0961 e. The smallest absolute Gasteiger partial charge is 0.0138 e. The van der Waals surface area contributed by atoms with Gasteiger partial charge in [0.15, 0.2) is 0 Å². The fourth-order valence-electron chi connectivity index (χ4n) is 0.564. The number of hydrogen-bond acceptors (Lipinski definition) is 0. The van der Waals surface area contributed by atoms with Gasteiger partial charge in [-0.25, -0.2) is 0 Å². The summed E-state index contributed by atoms with van der Waals surface area (Å²) in [6.45, 7) is 9.96. The molecule has 0 amide bonds. The predicted octanol–water partition coefficient (Wildman–Crippen LogP) is 3.48. The molecule has 0 radical (unpaired) electrons. The predicted molar refractivity (Wildman–Crippen MR) is 48.0 cm³/mol. The van der Waals surface area contributed by atoms with Gasteiger partial charge in [-0.15, -0.1) is 0 Å². The average Bonchev–Trinajstić information content (AvgIpc) is 1.87. The largest absolute Gasteiger partial charge is 0.0961 e. The van der Waals surface area contributed by atoms with Gasteiger partial charge in [0.1, 0.15) is 0 Å². The van der Waals surface area contributed by atoms with E-state index in [9.17, 15) is 0 Å². The highest BCUT2D eigenvalue weighted by Crippen LogP contribution is 2.01. The first kappa shape index (κ1) is 9.22. The van der Waals surface area contributed by atoms with Crippen molar-refractivity contribution < 1.29 is 0 Å². The fraction of sp³-hybridized carbons (Fsp3) is 0.400. The maximum absolute atomic E-state index is 3.77. The van der Waals surface area contributed by atoms with Gasteiger partial charge in [-0.1, -0.05) is 36.0 Å². The molecule has 56 valence electrons. The summed E-state index contributed by atoms with van der Waals surface area (Å²) in [5.74, 6) is 0. The van der Waals surface area contributed by atoms with Crippen molar-refractivity contribution in [3.05, 3.63) is 36.0 Å². The summed E-state index contributed by atoms with van der Waals surface area (Å²) < 4.78 is 0. The van der Waals surface area contributed by atoms with Crippen molar-refractivity contribution in [1.82, 2.24) is 0 Å². The van der Waals surface area contributed by atoms with Crippen LogP contribution in [0.1, 0.15) is 27.2 Å². The molecule has 0 heterocycles. The molecule has 0 heteroatoms. The van der Waals surface area contributed by atoms with Gasteiger partial charge < -0.3 is 0 Å². The molecule has 0 atom stereocenters. The molecule has 0 spiro atoms. The second kappa shape index (κ2) is 5.04. The molecule has 10 heavy (non-hydrogen) atoms. The van der Waals surface area contributed by atoms with Crippen LogP contribution in [0.25, 0.3) is 0 Å². The summed E-state index contributed by atoms with van der Waals surface area (Å²) in [6, 6.07) is 0. The minimum absolute atomic E-state index is 1.04. The van der Waals surface area contributed by atoms with Crippen molar-refractivity contribution in [3.8, 4) is 0 Å². The highest BCUT2D eigenvalue weighted by atomic mass is 13.9. The van der Waals surface area contributed by atoms with Crippen LogP contribution in [-0.2, 0) is 0 Å². The third-order valence-electron chi connectivity index (χ3n) is 1.33. The molecule has 0 aliphatic rings. The van der Waals surface area contributed by atoms with E-state index in [1.807, 2.05) is 13.0 Å².